The molecule has 2 aromatic heterocycles. The molecule has 21 N–H and O–H groups in total. The number of carbonyl (C=O) groups excluding carboxylic acids is 17. The number of ether oxygens (including phenoxy) is 1. The van der Waals surface area contributed by atoms with E-state index in [4.69, 9.17) is 27.7 Å². The molecule has 6 aromatic rings. The van der Waals surface area contributed by atoms with Crippen LogP contribution in [0.4, 0.5) is 5.69 Å². The van der Waals surface area contributed by atoms with Crippen LogP contribution in [0.5, 0.6) is 5.75 Å². The number of hydrogen-bond donors (Lipinski definition) is 17. The zero-order valence-electron chi connectivity index (χ0n) is 78.4. The number of para-hydroxylation sites is 2. The van der Waals surface area contributed by atoms with E-state index in [2.05, 4.69) is 63.1 Å². The summed E-state index contributed by atoms with van der Waals surface area (Å²) in [5.41, 5.74) is 27.4. The molecule has 736 valence electrons. The van der Waals surface area contributed by atoms with Gasteiger partial charge in [-0.2, -0.15) is 0 Å². The molecule has 0 aliphatic carbocycles. The van der Waals surface area contributed by atoms with Crippen molar-refractivity contribution < 1.29 is 91.4 Å². The molecular weight excluding hydrogens is 1770 g/mol. The predicted octanol–water partition coefficient (Wildman–Crippen LogP) is 0.316. The number of nitrogens with one attached hydrogen (secondary N) is 12. The number of anilines is 1. The van der Waals surface area contributed by atoms with Gasteiger partial charge in [0.1, 0.15) is 90.3 Å². The topological polar surface area (TPSA) is 592 Å². The fourth-order valence-corrected chi connectivity index (χ4v) is 18.6. The predicted molar refractivity (Wildman–Crippen MR) is 507 cm³/mol. The minimum Gasteiger partial charge on any atom is -0.508 e. The molecule has 0 saturated carbocycles. The first kappa shape index (κ1) is 105. The van der Waals surface area contributed by atoms with Gasteiger partial charge < -0.3 is 116 Å². The first-order valence-electron chi connectivity index (χ1n) is 46.5. The van der Waals surface area contributed by atoms with Gasteiger partial charge in [0.2, 0.25) is 94.5 Å². The highest BCUT2D eigenvalue weighted by molar-refractivity contribution is 8.00. The molecule has 41 heteroatoms. The van der Waals surface area contributed by atoms with E-state index in [0.717, 1.165) is 27.1 Å². The van der Waals surface area contributed by atoms with Crippen molar-refractivity contribution in [2.24, 2.45) is 34.8 Å². The average molecular weight is 1900 g/mol. The number of aromatic nitrogens is 2. The van der Waals surface area contributed by atoms with Crippen molar-refractivity contribution in [2.45, 2.75) is 248 Å². The van der Waals surface area contributed by atoms with E-state index in [1.165, 1.54) is 53.9 Å². The number of nitrogens with zero attached hydrogens (tertiary/aromatic N) is 5. The van der Waals surface area contributed by atoms with E-state index in [9.17, 15) is 53.1 Å². The molecule has 6 heterocycles. The highest BCUT2D eigenvalue weighted by atomic mass is 32.2. The third-order valence-electron chi connectivity index (χ3n) is 25.0. The summed E-state index contributed by atoms with van der Waals surface area (Å²) in [6.45, 7) is 10.4. The van der Waals surface area contributed by atoms with Gasteiger partial charge in [-0.15, -0.1) is 11.8 Å². The van der Waals surface area contributed by atoms with E-state index >= 15 is 33.6 Å². The number of hydrogen-bond acceptors (Lipinski definition) is 22. The van der Waals surface area contributed by atoms with Crippen LogP contribution in [0, 0.1) is 11.8 Å². The molecule has 40 nitrogen and oxygen atoms in total. The van der Waals surface area contributed by atoms with E-state index in [1.54, 1.807) is 58.3 Å². The van der Waals surface area contributed by atoms with Gasteiger partial charge >= 0.3 is 0 Å². The summed E-state index contributed by atoms with van der Waals surface area (Å²) >= 11 is 0.813. The SMILES string of the molecule is CCCC[C@H]1C(=O)N(C)[C@@H](CCCC)C(=O)N[C@@H](CC(C)C)C(=O)N[C@H](C(=O)NCC(N)=O)CSCC(=O)N[C@H]2Cc3ccc(O)cc3N(C2=O)[C@@H](C)C(=O)N[C@@H](CC(N)=O)C(=O)N2CCC[C@H]2C(=O)N[C@@H](CN)C(=O)N[C@@H](CC(C)C)C(=O)N2C[C@H](OCc3ccccc3)C[C@H]2C(=O)N[C@@H](Cc2c[nH]c3ccccc23)C(=O)N[C@@H](CCN)C(=O)N[C@@H](Cc2c[nH]c3ccccc23)C(=O)N1C. The Labute approximate surface area is 793 Å². The van der Waals surface area contributed by atoms with E-state index < -0.39 is 216 Å². The summed E-state index contributed by atoms with van der Waals surface area (Å²) in [4.78, 5) is 264. The van der Waals surface area contributed by atoms with Gasteiger partial charge in [-0.1, -0.05) is 140 Å². The molecule has 4 aliphatic rings. The van der Waals surface area contributed by atoms with Crippen molar-refractivity contribution in [3.05, 3.63) is 132 Å². The highest BCUT2D eigenvalue weighted by Crippen LogP contribution is 2.35. The normalized spacial score (nSPS) is 25.0. The number of phenolic OH excluding ortho intramolecular Hbond substituents is 1. The molecule has 136 heavy (non-hydrogen) atoms. The number of carbonyl (C=O) groups is 17. The number of likely N-dealkylation sites (N-methyl/N-ethyl adjacent to an activating group) is 2. The number of H-pyrrole nitrogens is 2. The van der Waals surface area contributed by atoms with Crippen molar-refractivity contribution in [2.75, 3.05) is 63.2 Å². The maximum absolute atomic E-state index is 15.9. The van der Waals surface area contributed by atoms with E-state index in [1.807, 2.05) is 74.5 Å². The van der Waals surface area contributed by atoms with Crippen LogP contribution in [-0.2, 0) is 112 Å². The fourth-order valence-electron chi connectivity index (χ4n) is 17.7. The molecule has 4 aliphatic heterocycles. The molecule has 15 atom stereocenters. The van der Waals surface area contributed by atoms with Crippen LogP contribution < -0.4 is 81.0 Å². The number of nitrogens with two attached hydrogens (primary N) is 4. The third kappa shape index (κ3) is 27.6. The van der Waals surface area contributed by atoms with Crippen molar-refractivity contribution >= 4 is 140 Å². The Morgan fingerprint density at radius 1 is 0.551 bits per heavy atom. The number of aromatic hydroxyl groups is 1. The number of unbranched alkanes of at least 4 members (excludes halogenated alkanes) is 2. The lowest BCUT2D eigenvalue weighted by molar-refractivity contribution is -0.149. The Hall–Kier alpha value is -13.0. The summed E-state index contributed by atoms with van der Waals surface area (Å²) in [6.07, 6.45) is 2.72. The molecule has 10 rings (SSSR count). The number of benzene rings is 4. The second-order valence-electron chi connectivity index (χ2n) is 36.1. The quantitative estimate of drug-likeness (QED) is 0.0367. The van der Waals surface area contributed by atoms with Crippen molar-refractivity contribution in [3.63, 3.8) is 0 Å². The van der Waals surface area contributed by atoms with Gasteiger partial charge in [0.15, 0.2) is 0 Å². The standard InChI is InChI=1S/C95H131N21O19S/c1-10-12-28-74-88(127)105-66(36-52(3)4)85(124)111-73(83(122)102-47-80(99)119)50-136-51-81(120)103-70-38-56-31-32-59(117)41-77(56)116(94(70)133)54(7)82(121)107-71(43-79(98)118)92(131)114-35-21-30-75(114)89(128)110-72(44-97)87(126)108-68(37-53(5)6)93(132)115-48-60(135-49-55-22-15-14-16-23-55)42-78(115)90(129)106-67(39-57-45-100-63-26-19-17-24-61(57)63)86(125)104-65(33-34-96)84(123)109-69(40-58-46-101-64-27-20-18-25-62(58)64)91(130)113(9)76(29-13-11-2)95(134)112(74)8/h14-20,22-27,31-32,41,45-46,52-54,60,65-76,78,100-101,117H,10-13,21,28-30,33-40,42-44,47-51,96-97H2,1-9H3,(H2,98,118)(H2,99,119)(H,102,122)(H,103,120)(H,104,125)(H,105,127)(H,106,129)(H,107,121)(H,108,126)(H,109,123)(H,110,128)(H,111,124)/t54-,60+,65-,66-,67-,68-,69-,70-,71-,72-,73-,74-,75-,76-,78-/m0/s1. The van der Waals surface area contributed by atoms with Crippen LogP contribution in [0.1, 0.15) is 154 Å². The fraction of sp³-hybridized carbons (Fsp3) is 0.526. The Balaban J connectivity index is 1.03. The second-order valence-corrected chi connectivity index (χ2v) is 37.2. The van der Waals surface area contributed by atoms with Gasteiger partial charge in [0, 0.05) is 105 Å². The summed E-state index contributed by atoms with van der Waals surface area (Å²) in [5.74, 6) is -16.9. The maximum atomic E-state index is 15.9. The number of aromatic amines is 2. The summed E-state index contributed by atoms with van der Waals surface area (Å²) in [7, 11) is 2.81. The van der Waals surface area contributed by atoms with Crippen LogP contribution in [0.2, 0.25) is 0 Å². The van der Waals surface area contributed by atoms with Gasteiger partial charge in [0.05, 0.1) is 37.1 Å². The van der Waals surface area contributed by atoms with Gasteiger partial charge in [-0.25, -0.2) is 0 Å². The molecule has 4 aromatic carbocycles. The largest absolute Gasteiger partial charge is 0.508 e. The lowest BCUT2D eigenvalue weighted by Gasteiger charge is -2.38. The van der Waals surface area contributed by atoms with Crippen LogP contribution in [0.25, 0.3) is 21.8 Å². The number of phenols is 1. The van der Waals surface area contributed by atoms with Gasteiger partial charge in [0.25, 0.3) is 5.91 Å². The number of amides is 17. The van der Waals surface area contributed by atoms with Crippen molar-refractivity contribution in [1.29, 1.82) is 0 Å². The Morgan fingerprint density at radius 3 is 1.72 bits per heavy atom. The third-order valence-corrected chi connectivity index (χ3v) is 26.0. The van der Waals surface area contributed by atoms with E-state index in [-0.39, 0.29) is 126 Å². The number of fused-ring (bicyclic) bond motifs is 8. The molecule has 2 bridgehead atoms. The molecule has 0 spiro atoms. The van der Waals surface area contributed by atoms with Gasteiger partial charge in [-0.3, -0.25) is 86.4 Å². The van der Waals surface area contributed by atoms with Crippen LogP contribution in [0.3, 0.4) is 0 Å². The zero-order valence-corrected chi connectivity index (χ0v) is 79.2. The summed E-state index contributed by atoms with van der Waals surface area (Å²) in [5, 5.41) is 39.4. The first-order valence-corrected chi connectivity index (χ1v) is 47.7. The Kier molecular flexibility index (Phi) is 38.2. The molecule has 17 amide bonds. The number of rotatable bonds is 25. The average Bonchev–Trinajstić information content (AvgIpc) is 1.03. The lowest BCUT2D eigenvalue weighted by atomic mass is 9.95. The van der Waals surface area contributed by atoms with Crippen LogP contribution in [-0.4, -0.2) is 284 Å². The van der Waals surface area contributed by atoms with Crippen molar-refractivity contribution in [1.82, 2.24) is 82.7 Å². The first-order chi connectivity index (χ1) is 64.9. The monoisotopic (exact) mass is 1900 g/mol. The maximum Gasteiger partial charge on any atom is 0.250 e. The number of primary amides is 2. The highest BCUT2D eigenvalue weighted by Gasteiger charge is 2.48. The summed E-state index contributed by atoms with van der Waals surface area (Å²) < 4.78 is 6.47. The lowest BCUT2D eigenvalue weighted by Crippen LogP contribution is -2.62. The zero-order chi connectivity index (χ0) is 98.9. The van der Waals surface area contributed by atoms with Gasteiger partial charge in [-0.05, 0) is 111 Å². The van der Waals surface area contributed by atoms with Crippen LogP contribution in [0.15, 0.2) is 109 Å². The summed E-state index contributed by atoms with van der Waals surface area (Å²) in [6, 6.07) is 6.74. The van der Waals surface area contributed by atoms with Crippen molar-refractivity contribution in [3.8, 4) is 5.75 Å². The minimum absolute atomic E-state index is 0.00805. The molecular formula is C95H131N21O19S. The molecule has 0 radical (unpaired) electrons. The smallest absolute Gasteiger partial charge is 0.250 e. The van der Waals surface area contributed by atoms with E-state index in [0.29, 0.717) is 64.2 Å². The molecule has 0 unspecified atom stereocenters. The minimum atomic E-state index is -1.79. The van der Waals surface area contributed by atoms with Crippen LogP contribution >= 0.6 is 11.8 Å². The molecule has 3 saturated heterocycles. The Bertz CT molecular complexity index is 5300. The number of thioether (sulfide) groups is 1. The second kappa shape index (κ2) is 49.5. The Morgan fingerprint density at radius 2 is 1.10 bits per heavy atom. The molecule has 3 fully saturated rings.